The SMILES string of the molecule is CCC1CCC(C)N1C(=O)c1ncccc1/C=C/C(=O)O. The van der Waals surface area contributed by atoms with E-state index >= 15 is 0 Å². The van der Waals surface area contributed by atoms with Crippen LogP contribution >= 0.6 is 0 Å². The molecule has 21 heavy (non-hydrogen) atoms. The second-order valence-electron chi connectivity index (χ2n) is 5.31. The van der Waals surface area contributed by atoms with E-state index in [0.29, 0.717) is 11.3 Å². The highest BCUT2D eigenvalue weighted by Gasteiger charge is 2.34. The molecule has 0 aromatic carbocycles. The lowest BCUT2D eigenvalue weighted by Gasteiger charge is -2.28. The standard InChI is InChI=1S/C16H20N2O3/c1-3-13-8-6-11(2)18(13)16(21)15-12(5-4-10-17-15)7-9-14(19)20/h4-5,7,9-11,13H,3,6,8H2,1-2H3,(H,19,20)/b9-7+. The van der Waals surface area contributed by atoms with Gasteiger partial charge in [0.05, 0.1) is 0 Å². The average molecular weight is 288 g/mol. The van der Waals surface area contributed by atoms with Gasteiger partial charge >= 0.3 is 5.97 Å². The van der Waals surface area contributed by atoms with Gasteiger partial charge in [0.2, 0.25) is 0 Å². The van der Waals surface area contributed by atoms with E-state index in [1.807, 2.05) is 11.8 Å². The van der Waals surface area contributed by atoms with E-state index in [1.54, 1.807) is 18.3 Å². The number of hydrogen-bond donors (Lipinski definition) is 1. The van der Waals surface area contributed by atoms with Crippen LogP contribution in [-0.4, -0.2) is 39.0 Å². The van der Waals surface area contributed by atoms with Crippen LogP contribution in [0.3, 0.4) is 0 Å². The van der Waals surface area contributed by atoms with E-state index in [2.05, 4.69) is 11.9 Å². The van der Waals surface area contributed by atoms with Crippen molar-refractivity contribution < 1.29 is 14.7 Å². The van der Waals surface area contributed by atoms with Crippen molar-refractivity contribution in [2.75, 3.05) is 0 Å². The van der Waals surface area contributed by atoms with Gasteiger partial charge in [0.25, 0.3) is 5.91 Å². The summed E-state index contributed by atoms with van der Waals surface area (Å²) in [6.07, 6.45) is 6.94. The molecule has 1 aliphatic heterocycles. The summed E-state index contributed by atoms with van der Waals surface area (Å²) in [7, 11) is 0. The zero-order valence-electron chi connectivity index (χ0n) is 12.3. The van der Waals surface area contributed by atoms with Crippen LogP contribution in [0.2, 0.25) is 0 Å². The van der Waals surface area contributed by atoms with E-state index in [-0.39, 0.29) is 18.0 Å². The molecule has 1 aromatic heterocycles. The average Bonchev–Trinajstić information content (AvgIpc) is 2.85. The molecule has 1 aromatic rings. The van der Waals surface area contributed by atoms with Crippen LogP contribution in [-0.2, 0) is 4.79 Å². The molecule has 2 rings (SSSR count). The van der Waals surface area contributed by atoms with Gasteiger partial charge in [0, 0.05) is 29.9 Å². The molecule has 112 valence electrons. The van der Waals surface area contributed by atoms with Crippen LogP contribution in [0.4, 0.5) is 0 Å². The first kappa shape index (κ1) is 15.2. The van der Waals surface area contributed by atoms with Gasteiger partial charge in [-0.25, -0.2) is 4.79 Å². The van der Waals surface area contributed by atoms with Crippen molar-refractivity contribution in [3.05, 3.63) is 35.7 Å². The molecule has 1 N–H and O–H groups in total. The van der Waals surface area contributed by atoms with Crippen LogP contribution in [0.15, 0.2) is 24.4 Å². The number of nitrogens with zero attached hydrogens (tertiary/aromatic N) is 2. The molecule has 0 saturated carbocycles. The zero-order valence-corrected chi connectivity index (χ0v) is 12.3. The van der Waals surface area contributed by atoms with Crippen molar-refractivity contribution in [3.63, 3.8) is 0 Å². The molecule has 1 fully saturated rings. The van der Waals surface area contributed by atoms with Gasteiger partial charge in [0.15, 0.2) is 0 Å². The smallest absolute Gasteiger partial charge is 0.328 e. The summed E-state index contributed by atoms with van der Waals surface area (Å²) in [6.45, 7) is 4.12. The first-order chi connectivity index (χ1) is 10.0. The second kappa shape index (κ2) is 6.52. The summed E-state index contributed by atoms with van der Waals surface area (Å²) >= 11 is 0. The van der Waals surface area contributed by atoms with Crippen molar-refractivity contribution in [1.29, 1.82) is 0 Å². The van der Waals surface area contributed by atoms with Crippen LogP contribution < -0.4 is 0 Å². The van der Waals surface area contributed by atoms with Crippen molar-refractivity contribution in [1.82, 2.24) is 9.88 Å². The largest absolute Gasteiger partial charge is 0.478 e. The lowest BCUT2D eigenvalue weighted by molar-refractivity contribution is -0.131. The van der Waals surface area contributed by atoms with E-state index in [0.717, 1.165) is 25.3 Å². The number of amides is 1. The Bertz CT molecular complexity index is 568. The van der Waals surface area contributed by atoms with E-state index in [4.69, 9.17) is 5.11 Å². The molecule has 2 heterocycles. The Morgan fingerprint density at radius 3 is 2.90 bits per heavy atom. The van der Waals surface area contributed by atoms with Crippen LogP contribution in [0.25, 0.3) is 6.08 Å². The molecule has 2 unspecified atom stereocenters. The highest BCUT2D eigenvalue weighted by atomic mass is 16.4. The number of likely N-dealkylation sites (tertiary alicyclic amines) is 1. The maximum atomic E-state index is 12.8. The summed E-state index contributed by atoms with van der Waals surface area (Å²) < 4.78 is 0. The Balaban J connectivity index is 2.33. The van der Waals surface area contributed by atoms with Gasteiger partial charge in [0.1, 0.15) is 5.69 Å². The lowest BCUT2D eigenvalue weighted by Crippen LogP contribution is -2.40. The molecule has 0 spiro atoms. The molecular weight excluding hydrogens is 268 g/mol. The quantitative estimate of drug-likeness (QED) is 0.864. The number of aromatic nitrogens is 1. The fraction of sp³-hybridized carbons (Fsp3) is 0.438. The predicted molar refractivity (Wildman–Crippen MR) is 79.9 cm³/mol. The van der Waals surface area contributed by atoms with Gasteiger partial charge in [-0.3, -0.25) is 9.78 Å². The van der Waals surface area contributed by atoms with Crippen molar-refractivity contribution in [2.24, 2.45) is 0 Å². The third kappa shape index (κ3) is 3.29. The van der Waals surface area contributed by atoms with Crippen LogP contribution in [0, 0.1) is 0 Å². The molecule has 0 radical (unpaired) electrons. The molecule has 1 aliphatic rings. The molecular formula is C16H20N2O3. The number of rotatable bonds is 4. The summed E-state index contributed by atoms with van der Waals surface area (Å²) in [5, 5.41) is 8.74. The normalized spacial score (nSPS) is 21.9. The van der Waals surface area contributed by atoms with Crippen molar-refractivity contribution in [2.45, 2.75) is 45.2 Å². The fourth-order valence-electron chi connectivity index (χ4n) is 2.85. The maximum Gasteiger partial charge on any atom is 0.328 e. The minimum Gasteiger partial charge on any atom is -0.478 e. The molecule has 1 saturated heterocycles. The Hall–Kier alpha value is -2.17. The van der Waals surface area contributed by atoms with Gasteiger partial charge < -0.3 is 10.0 Å². The van der Waals surface area contributed by atoms with Crippen LogP contribution in [0.5, 0.6) is 0 Å². The Morgan fingerprint density at radius 1 is 1.48 bits per heavy atom. The highest BCUT2D eigenvalue weighted by Crippen LogP contribution is 2.28. The molecule has 0 aliphatic carbocycles. The topological polar surface area (TPSA) is 70.5 Å². The Morgan fingerprint density at radius 2 is 2.24 bits per heavy atom. The first-order valence-corrected chi connectivity index (χ1v) is 7.23. The summed E-state index contributed by atoms with van der Waals surface area (Å²) in [5.74, 6) is -1.16. The third-order valence-corrected chi connectivity index (χ3v) is 3.94. The summed E-state index contributed by atoms with van der Waals surface area (Å²) in [4.78, 5) is 29.5. The number of hydrogen-bond acceptors (Lipinski definition) is 3. The number of aliphatic carboxylic acids is 1. The van der Waals surface area contributed by atoms with Gasteiger partial charge in [-0.05, 0) is 38.3 Å². The maximum absolute atomic E-state index is 12.8. The lowest BCUT2D eigenvalue weighted by atomic mass is 10.1. The van der Waals surface area contributed by atoms with Gasteiger partial charge in [-0.15, -0.1) is 0 Å². The highest BCUT2D eigenvalue weighted by molar-refractivity contribution is 5.97. The number of carboxylic acid groups (broad SMARTS) is 1. The molecule has 0 bridgehead atoms. The minimum atomic E-state index is -1.04. The first-order valence-electron chi connectivity index (χ1n) is 7.23. The summed E-state index contributed by atoms with van der Waals surface area (Å²) in [5.41, 5.74) is 0.862. The number of carbonyl (C=O) groups excluding carboxylic acids is 1. The molecule has 1 amide bonds. The monoisotopic (exact) mass is 288 g/mol. The fourth-order valence-corrected chi connectivity index (χ4v) is 2.85. The molecule has 2 atom stereocenters. The minimum absolute atomic E-state index is 0.113. The zero-order chi connectivity index (χ0) is 15.4. The number of carboxylic acids is 1. The van der Waals surface area contributed by atoms with E-state index in [9.17, 15) is 9.59 Å². The molecule has 5 heteroatoms. The number of carbonyl (C=O) groups is 2. The Labute approximate surface area is 124 Å². The van der Waals surface area contributed by atoms with Crippen molar-refractivity contribution >= 4 is 18.0 Å². The van der Waals surface area contributed by atoms with Crippen LogP contribution in [0.1, 0.15) is 49.2 Å². The summed E-state index contributed by atoms with van der Waals surface area (Å²) in [6, 6.07) is 3.84. The van der Waals surface area contributed by atoms with Gasteiger partial charge in [-0.1, -0.05) is 13.0 Å². The third-order valence-electron chi connectivity index (χ3n) is 3.94. The van der Waals surface area contributed by atoms with E-state index in [1.165, 1.54) is 6.08 Å². The van der Waals surface area contributed by atoms with Gasteiger partial charge in [-0.2, -0.15) is 0 Å². The second-order valence-corrected chi connectivity index (χ2v) is 5.31. The number of pyridine rings is 1. The predicted octanol–water partition coefficient (Wildman–Crippen LogP) is 2.58. The van der Waals surface area contributed by atoms with E-state index < -0.39 is 5.97 Å². The Kier molecular flexibility index (Phi) is 4.73. The molecule has 5 nitrogen and oxygen atoms in total. The van der Waals surface area contributed by atoms with Crippen molar-refractivity contribution in [3.8, 4) is 0 Å².